The summed E-state index contributed by atoms with van der Waals surface area (Å²) in [5, 5.41) is 2.93. The maximum Gasteiger partial charge on any atom is 0.253 e. The molecule has 0 aliphatic carbocycles. The van der Waals surface area contributed by atoms with Crippen molar-refractivity contribution in [2.24, 2.45) is 0 Å². The molecule has 1 aromatic heterocycles. The lowest BCUT2D eigenvalue weighted by Crippen LogP contribution is -2.49. The van der Waals surface area contributed by atoms with E-state index in [1.54, 1.807) is 6.20 Å². The van der Waals surface area contributed by atoms with E-state index in [1.807, 2.05) is 76.3 Å². The second-order valence-electron chi connectivity index (χ2n) is 7.42. The third-order valence-electron chi connectivity index (χ3n) is 5.55. The predicted octanol–water partition coefficient (Wildman–Crippen LogP) is 4.64. The van der Waals surface area contributed by atoms with Crippen LogP contribution in [0.5, 0.6) is 0 Å². The van der Waals surface area contributed by atoms with E-state index in [-0.39, 0.29) is 5.91 Å². The summed E-state index contributed by atoms with van der Waals surface area (Å²) in [5.41, 5.74) is 1.72. The van der Waals surface area contributed by atoms with E-state index in [2.05, 4.69) is 16.0 Å². The molecule has 1 saturated heterocycles. The molecule has 4 aromatic rings. The van der Waals surface area contributed by atoms with Gasteiger partial charge >= 0.3 is 0 Å². The standard InChI is InChI=1S/C24H21ClN4O/c25-21-6-3-7-22(17-21)29-11-10-26-24(29)28-14-12-27(13-15-28)23(30)20-9-8-18-4-1-2-5-19(18)16-20/h1-11,16-17H,12-15H2. The molecule has 30 heavy (non-hydrogen) atoms. The van der Waals surface area contributed by atoms with Gasteiger partial charge in [-0.1, -0.05) is 48.0 Å². The zero-order valence-electron chi connectivity index (χ0n) is 16.4. The van der Waals surface area contributed by atoms with Crippen LogP contribution in [-0.2, 0) is 0 Å². The maximum absolute atomic E-state index is 13.0. The summed E-state index contributed by atoms with van der Waals surface area (Å²) in [5.74, 6) is 0.952. The molecule has 3 aromatic carbocycles. The molecule has 5 nitrogen and oxygen atoms in total. The van der Waals surface area contributed by atoms with Crippen LogP contribution in [0.1, 0.15) is 10.4 Å². The Morgan fingerprint density at radius 2 is 1.67 bits per heavy atom. The minimum absolute atomic E-state index is 0.0820. The molecule has 0 N–H and O–H groups in total. The highest BCUT2D eigenvalue weighted by atomic mass is 35.5. The van der Waals surface area contributed by atoms with Gasteiger partial charge in [-0.3, -0.25) is 9.36 Å². The summed E-state index contributed by atoms with van der Waals surface area (Å²) < 4.78 is 2.03. The van der Waals surface area contributed by atoms with Crippen LogP contribution in [0.25, 0.3) is 16.5 Å². The highest BCUT2D eigenvalue weighted by Crippen LogP contribution is 2.23. The lowest BCUT2D eigenvalue weighted by molar-refractivity contribution is 0.0746. The summed E-state index contributed by atoms with van der Waals surface area (Å²) in [6.07, 6.45) is 3.73. The van der Waals surface area contributed by atoms with Crippen LogP contribution in [0.15, 0.2) is 79.1 Å². The van der Waals surface area contributed by atoms with Gasteiger partial charge in [-0.25, -0.2) is 4.98 Å². The molecule has 1 fully saturated rings. The first-order valence-corrected chi connectivity index (χ1v) is 10.4. The topological polar surface area (TPSA) is 41.4 Å². The van der Waals surface area contributed by atoms with E-state index in [0.29, 0.717) is 18.1 Å². The van der Waals surface area contributed by atoms with E-state index < -0.39 is 0 Å². The van der Waals surface area contributed by atoms with Gasteiger partial charge in [-0.15, -0.1) is 0 Å². The third-order valence-corrected chi connectivity index (χ3v) is 5.79. The molecule has 1 aliphatic heterocycles. The minimum atomic E-state index is 0.0820. The van der Waals surface area contributed by atoms with Gasteiger partial charge in [0.25, 0.3) is 5.91 Å². The molecule has 1 aliphatic rings. The molecule has 0 saturated carbocycles. The molecule has 6 heteroatoms. The Morgan fingerprint density at radius 3 is 2.47 bits per heavy atom. The van der Waals surface area contributed by atoms with E-state index in [1.165, 1.54) is 0 Å². The smallest absolute Gasteiger partial charge is 0.253 e. The van der Waals surface area contributed by atoms with Crippen molar-refractivity contribution in [1.29, 1.82) is 0 Å². The van der Waals surface area contributed by atoms with Crippen LogP contribution in [0.3, 0.4) is 0 Å². The Kier molecular flexibility index (Phi) is 4.89. The van der Waals surface area contributed by atoms with Crippen LogP contribution < -0.4 is 4.90 Å². The summed E-state index contributed by atoms with van der Waals surface area (Å²) in [7, 11) is 0. The fourth-order valence-corrected chi connectivity index (χ4v) is 4.16. The Bertz CT molecular complexity index is 1210. The first-order chi connectivity index (χ1) is 14.7. The van der Waals surface area contributed by atoms with Crippen LogP contribution in [0.4, 0.5) is 5.95 Å². The average molecular weight is 417 g/mol. The highest BCUT2D eigenvalue weighted by Gasteiger charge is 2.24. The molecule has 2 heterocycles. The lowest BCUT2D eigenvalue weighted by atomic mass is 10.1. The van der Waals surface area contributed by atoms with E-state index >= 15 is 0 Å². The van der Waals surface area contributed by atoms with Gasteiger partial charge in [0.2, 0.25) is 5.95 Å². The fraction of sp³-hybridized carbons (Fsp3) is 0.167. The number of hydrogen-bond donors (Lipinski definition) is 0. The summed E-state index contributed by atoms with van der Waals surface area (Å²) in [6.45, 7) is 2.79. The first-order valence-electron chi connectivity index (χ1n) is 10.0. The molecule has 0 bridgehead atoms. The lowest BCUT2D eigenvalue weighted by Gasteiger charge is -2.35. The van der Waals surface area contributed by atoms with Crippen molar-refractivity contribution in [3.63, 3.8) is 0 Å². The average Bonchev–Trinajstić information content (AvgIpc) is 3.28. The van der Waals surface area contributed by atoms with Gasteiger partial charge in [0.1, 0.15) is 0 Å². The number of rotatable bonds is 3. The number of anilines is 1. The van der Waals surface area contributed by atoms with Gasteiger partial charge in [0.15, 0.2) is 0 Å². The molecule has 5 rings (SSSR count). The number of benzene rings is 3. The van der Waals surface area contributed by atoms with Crippen LogP contribution in [0, 0.1) is 0 Å². The van der Waals surface area contributed by atoms with Crippen molar-refractivity contribution in [1.82, 2.24) is 14.5 Å². The van der Waals surface area contributed by atoms with Gasteiger partial charge in [-0.05, 0) is 41.1 Å². The first kappa shape index (κ1) is 18.7. The summed E-state index contributed by atoms with van der Waals surface area (Å²) in [4.78, 5) is 21.7. The maximum atomic E-state index is 13.0. The molecule has 0 atom stereocenters. The number of imidazole rings is 1. The number of amides is 1. The third kappa shape index (κ3) is 3.53. The molecule has 0 radical (unpaired) electrons. The second-order valence-corrected chi connectivity index (χ2v) is 7.85. The zero-order chi connectivity index (χ0) is 20.5. The molecule has 150 valence electrons. The highest BCUT2D eigenvalue weighted by molar-refractivity contribution is 6.30. The molecular weight excluding hydrogens is 396 g/mol. The van der Waals surface area contributed by atoms with E-state index in [0.717, 1.165) is 41.1 Å². The summed E-state index contributed by atoms with van der Waals surface area (Å²) in [6, 6.07) is 21.8. The Labute approximate surface area is 180 Å². The zero-order valence-corrected chi connectivity index (χ0v) is 17.2. The van der Waals surface area contributed by atoms with Crippen LogP contribution in [-0.4, -0.2) is 46.5 Å². The van der Waals surface area contributed by atoms with Crippen molar-refractivity contribution in [2.45, 2.75) is 0 Å². The molecular formula is C24H21ClN4O. The number of fused-ring (bicyclic) bond motifs is 1. The number of aromatic nitrogens is 2. The number of halogens is 1. The van der Waals surface area contributed by atoms with Crippen molar-refractivity contribution in [3.8, 4) is 5.69 Å². The van der Waals surface area contributed by atoms with Crippen molar-refractivity contribution in [3.05, 3.63) is 89.7 Å². The van der Waals surface area contributed by atoms with Crippen molar-refractivity contribution >= 4 is 34.2 Å². The van der Waals surface area contributed by atoms with Gasteiger partial charge in [0, 0.05) is 54.8 Å². The normalized spacial score (nSPS) is 14.3. The molecule has 0 spiro atoms. The Morgan fingerprint density at radius 1 is 0.867 bits per heavy atom. The molecule has 0 unspecified atom stereocenters. The Balaban J connectivity index is 1.31. The number of nitrogens with zero attached hydrogens (tertiary/aromatic N) is 4. The van der Waals surface area contributed by atoms with Crippen molar-refractivity contribution < 1.29 is 4.79 Å². The number of piperazine rings is 1. The predicted molar refractivity (Wildman–Crippen MR) is 121 cm³/mol. The van der Waals surface area contributed by atoms with E-state index in [4.69, 9.17) is 11.6 Å². The SMILES string of the molecule is O=C(c1ccc2ccccc2c1)N1CCN(c2nccn2-c2cccc(Cl)c2)CC1. The Hall–Kier alpha value is -3.31. The second kappa shape index (κ2) is 7.84. The number of carbonyl (C=O) groups excluding carboxylic acids is 1. The van der Waals surface area contributed by atoms with Gasteiger partial charge in [-0.2, -0.15) is 0 Å². The largest absolute Gasteiger partial charge is 0.338 e. The molecule has 1 amide bonds. The summed E-state index contributed by atoms with van der Waals surface area (Å²) >= 11 is 6.16. The van der Waals surface area contributed by atoms with Crippen LogP contribution in [0.2, 0.25) is 5.02 Å². The monoisotopic (exact) mass is 416 g/mol. The quantitative estimate of drug-likeness (QED) is 0.488. The van der Waals surface area contributed by atoms with Crippen LogP contribution >= 0.6 is 11.6 Å². The van der Waals surface area contributed by atoms with E-state index in [9.17, 15) is 4.79 Å². The number of hydrogen-bond acceptors (Lipinski definition) is 3. The fourth-order valence-electron chi connectivity index (χ4n) is 3.97. The minimum Gasteiger partial charge on any atom is -0.338 e. The van der Waals surface area contributed by atoms with Gasteiger partial charge in [0.05, 0.1) is 0 Å². The van der Waals surface area contributed by atoms with Gasteiger partial charge < -0.3 is 9.80 Å². The number of carbonyl (C=O) groups is 1. The van der Waals surface area contributed by atoms with Crippen molar-refractivity contribution in [2.75, 3.05) is 31.1 Å².